The van der Waals surface area contributed by atoms with Crippen molar-refractivity contribution in [3.63, 3.8) is 0 Å². The van der Waals surface area contributed by atoms with Gasteiger partial charge < -0.3 is 0 Å². The summed E-state index contributed by atoms with van der Waals surface area (Å²) >= 11 is 0. The van der Waals surface area contributed by atoms with Crippen LogP contribution in [0, 0.1) is 13.8 Å². The van der Waals surface area contributed by atoms with Crippen LogP contribution < -0.4 is 0 Å². The van der Waals surface area contributed by atoms with Crippen LogP contribution in [0.5, 0.6) is 0 Å². The molecule has 0 saturated carbocycles. The molecule has 1 aromatic carbocycles. The molecule has 0 unspecified atom stereocenters. The minimum Gasteiger partial charge on any atom is -0.245 e. The molecule has 0 fully saturated rings. The summed E-state index contributed by atoms with van der Waals surface area (Å²) in [6.45, 7) is 6.65. The molecule has 1 rings (SSSR count). The molecule has 0 aliphatic rings. The molecule has 0 N–H and O–H groups in total. The Morgan fingerprint density at radius 2 is 1.93 bits per heavy atom. The number of hydrogen-bond acceptors (Lipinski definition) is 0. The van der Waals surface area contributed by atoms with Crippen LogP contribution in [0.1, 0.15) is 36.0 Å². The Labute approximate surface area is 93.5 Å². The summed E-state index contributed by atoms with van der Waals surface area (Å²) < 4.78 is 2.13. The predicted molar refractivity (Wildman–Crippen MR) is 67.1 cm³/mol. The lowest BCUT2D eigenvalue weighted by Gasteiger charge is -2.12. The van der Waals surface area contributed by atoms with Gasteiger partial charge in [0, 0.05) is 6.42 Å². The molecule has 0 aliphatic heterocycles. The van der Waals surface area contributed by atoms with Crippen LogP contribution in [0.15, 0.2) is 18.2 Å². The standard InChI is InChI=1S/C14H22N/c1-11-6-7-12(2)14(10-11)13(3)8-9-15(4)5/h6-7,9-10,13H,8H2,1-5H3/q+1/t13-/m0/s1. The lowest BCUT2D eigenvalue weighted by molar-refractivity contribution is -0.460. The van der Waals surface area contributed by atoms with Crippen molar-refractivity contribution in [3.8, 4) is 0 Å². The van der Waals surface area contributed by atoms with Gasteiger partial charge in [-0.1, -0.05) is 30.7 Å². The van der Waals surface area contributed by atoms with Gasteiger partial charge in [0.05, 0.1) is 0 Å². The second-order valence-corrected chi connectivity index (χ2v) is 4.64. The number of aryl methyl sites for hydroxylation is 2. The third-order valence-corrected chi connectivity index (χ3v) is 2.79. The van der Waals surface area contributed by atoms with Crippen molar-refractivity contribution in [2.75, 3.05) is 14.1 Å². The second kappa shape index (κ2) is 5.11. The maximum atomic E-state index is 2.31. The first-order chi connectivity index (χ1) is 7.00. The maximum absolute atomic E-state index is 2.31. The molecule has 82 valence electrons. The highest BCUT2D eigenvalue weighted by molar-refractivity contribution is 5.53. The molecule has 0 amide bonds. The predicted octanol–water partition coefficient (Wildman–Crippen LogP) is 3.14. The van der Waals surface area contributed by atoms with Crippen LogP contribution in [0.25, 0.3) is 0 Å². The van der Waals surface area contributed by atoms with Gasteiger partial charge in [-0.15, -0.1) is 0 Å². The van der Waals surface area contributed by atoms with Crippen molar-refractivity contribution in [2.24, 2.45) is 0 Å². The fourth-order valence-electron chi connectivity index (χ4n) is 1.79. The molecule has 1 nitrogen and oxygen atoms in total. The minimum absolute atomic E-state index is 0.604. The van der Waals surface area contributed by atoms with Crippen LogP contribution in [0.2, 0.25) is 0 Å². The van der Waals surface area contributed by atoms with Crippen LogP contribution in [-0.4, -0.2) is 24.9 Å². The van der Waals surface area contributed by atoms with Crippen molar-refractivity contribution in [1.29, 1.82) is 0 Å². The average molecular weight is 204 g/mol. The summed E-state index contributed by atoms with van der Waals surface area (Å²) in [6.07, 6.45) is 3.35. The second-order valence-electron chi connectivity index (χ2n) is 4.64. The Morgan fingerprint density at radius 3 is 2.53 bits per heavy atom. The molecule has 15 heavy (non-hydrogen) atoms. The van der Waals surface area contributed by atoms with E-state index in [0.717, 1.165) is 6.42 Å². The maximum Gasteiger partial charge on any atom is 0.139 e. The third-order valence-electron chi connectivity index (χ3n) is 2.79. The fraction of sp³-hybridized carbons (Fsp3) is 0.500. The Bertz CT molecular complexity index is 360. The van der Waals surface area contributed by atoms with E-state index in [0.29, 0.717) is 5.92 Å². The van der Waals surface area contributed by atoms with Gasteiger partial charge in [-0.05, 0) is 30.9 Å². The van der Waals surface area contributed by atoms with Gasteiger partial charge in [-0.3, -0.25) is 0 Å². The highest BCUT2D eigenvalue weighted by Gasteiger charge is 2.08. The summed E-state index contributed by atoms with van der Waals surface area (Å²) in [5.41, 5.74) is 4.24. The van der Waals surface area contributed by atoms with E-state index in [1.807, 2.05) is 0 Å². The molecular formula is C14H22N+. The normalized spacial score (nSPS) is 12.3. The molecule has 0 bridgehead atoms. The van der Waals surface area contributed by atoms with Crippen LogP contribution in [0.3, 0.4) is 0 Å². The first-order valence-corrected chi connectivity index (χ1v) is 5.57. The zero-order chi connectivity index (χ0) is 11.4. The molecule has 0 spiro atoms. The summed E-state index contributed by atoms with van der Waals surface area (Å²) in [6, 6.07) is 6.71. The lowest BCUT2D eigenvalue weighted by atomic mass is 9.93. The smallest absolute Gasteiger partial charge is 0.139 e. The van der Waals surface area contributed by atoms with Gasteiger partial charge in [0.25, 0.3) is 0 Å². The summed E-state index contributed by atoms with van der Waals surface area (Å²) in [5, 5.41) is 0. The van der Waals surface area contributed by atoms with Crippen molar-refractivity contribution < 1.29 is 4.58 Å². The monoisotopic (exact) mass is 204 g/mol. The van der Waals surface area contributed by atoms with Crippen LogP contribution >= 0.6 is 0 Å². The minimum atomic E-state index is 0.604. The average Bonchev–Trinajstić information content (AvgIpc) is 2.18. The van der Waals surface area contributed by atoms with Crippen molar-refractivity contribution in [3.05, 3.63) is 34.9 Å². The topological polar surface area (TPSA) is 3.01 Å². The lowest BCUT2D eigenvalue weighted by Crippen LogP contribution is -2.04. The van der Waals surface area contributed by atoms with Crippen LogP contribution in [0.4, 0.5) is 0 Å². The highest BCUT2D eigenvalue weighted by atomic mass is 14.9. The van der Waals surface area contributed by atoms with Crippen LogP contribution in [-0.2, 0) is 0 Å². The van der Waals surface area contributed by atoms with Gasteiger partial charge in [-0.2, -0.15) is 0 Å². The Balaban J connectivity index is 2.85. The van der Waals surface area contributed by atoms with E-state index in [9.17, 15) is 0 Å². The number of nitrogens with zero attached hydrogens (tertiary/aromatic N) is 1. The number of benzene rings is 1. The van der Waals surface area contributed by atoms with E-state index in [1.54, 1.807) is 0 Å². The highest BCUT2D eigenvalue weighted by Crippen LogP contribution is 2.22. The van der Waals surface area contributed by atoms with E-state index < -0.39 is 0 Å². The zero-order valence-corrected chi connectivity index (χ0v) is 10.5. The SMILES string of the molecule is Cc1ccc(C)c([C@@H](C)CC=[N+](C)C)c1. The summed E-state index contributed by atoms with van der Waals surface area (Å²) in [5.74, 6) is 0.604. The summed E-state index contributed by atoms with van der Waals surface area (Å²) in [7, 11) is 4.16. The van der Waals surface area contributed by atoms with E-state index in [1.165, 1.54) is 16.7 Å². The largest absolute Gasteiger partial charge is 0.245 e. The number of hydrogen-bond donors (Lipinski definition) is 0. The molecule has 1 atom stereocenters. The van der Waals surface area contributed by atoms with E-state index in [-0.39, 0.29) is 0 Å². The molecule has 0 radical (unpaired) electrons. The molecule has 1 heteroatoms. The van der Waals surface area contributed by atoms with Crippen molar-refractivity contribution in [1.82, 2.24) is 0 Å². The molecular weight excluding hydrogens is 182 g/mol. The van der Waals surface area contributed by atoms with Gasteiger partial charge in [0.1, 0.15) is 20.3 Å². The van der Waals surface area contributed by atoms with Gasteiger partial charge >= 0.3 is 0 Å². The van der Waals surface area contributed by atoms with Gasteiger partial charge in [0.2, 0.25) is 0 Å². The van der Waals surface area contributed by atoms with E-state index in [2.05, 4.69) is 63.9 Å². The van der Waals surface area contributed by atoms with E-state index in [4.69, 9.17) is 0 Å². The molecule has 0 saturated heterocycles. The molecule has 1 aromatic rings. The zero-order valence-electron chi connectivity index (χ0n) is 10.5. The Kier molecular flexibility index (Phi) is 4.07. The Hall–Kier alpha value is -1.11. The summed E-state index contributed by atoms with van der Waals surface area (Å²) in [4.78, 5) is 0. The van der Waals surface area contributed by atoms with Gasteiger partial charge in [0.15, 0.2) is 0 Å². The third kappa shape index (κ3) is 3.50. The molecule has 0 aromatic heterocycles. The van der Waals surface area contributed by atoms with Crippen molar-refractivity contribution in [2.45, 2.75) is 33.1 Å². The quantitative estimate of drug-likeness (QED) is 0.525. The Morgan fingerprint density at radius 1 is 1.27 bits per heavy atom. The van der Waals surface area contributed by atoms with E-state index >= 15 is 0 Å². The molecule has 0 aliphatic carbocycles. The first-order valence-electron chi connectivity index (χ1n) is 5.57. The first kappa shape index (κ1) is 12.0. The number of rotatable bonds is 3. The fourth-order valence-corrected chi connectivity index (χ4v) is 1.79. The molecule has 0 heterocycles. The van der Waals surface area contributed by atoms with Gasteiger partial charge in [-0.25, -0.2) is 4.58 Å². The van der Waals surface area contributed by atoms with Crippen molar-refractivity contribution >= 4 is 6.21 Å².